The quantitative estimate of drug-likeness (QED) is 0.640. The van der Waals surface area contributed by atoms with Crippen LogP contribution in [0, 0.1) is 6.92 Å². The lowest BCUT2D eigenvalue weighted by molar-refractivity contribution is -0.124. The molecule has 2 amide bonds. The van der Waals surface area contributed by atoms with Crippen molar-refractivity contribution in [2.45, 2.75) is 25.2 Å². The Bertz CT molecular complexity index is 1130. The molecule has 1 aromatic heterocycles. The van der Waals surface area contributed by atoms with Gasteiger partial charge < -0.3 is 14.2 Å². The van der Waals surface area contributed by atoms with Gasteiger partial charge in [0.2, 0.25) is 5.91 Å². The van der Waals surface area contributed by atoms with Crippen LogP contribution in [0.4, 0.5) is 5.69 Å². The van der Waals surface area contributed by atoms with E-state index in [-0.39, 0.29) is 11.8 Å². The normalized spacial score (nSPS) is 20.7. The van der Waals surface area contributed by atoms with Crippen LogP contribution in [0.3, 0.4) is 0 Å². The Kier molecular flexibility index (Phi) is 4.28. The second-order valence-electron chi connectivity index (χ2n) is 8.28. The number of aryl methyl sites for hydroxylation is 1. The Labute approximate surface area is 175 Å². The van der Waals surface area contributed by atoms with Gasteiger partial charge in [-0.1, -0.05) is 30.3 Å². The van der Waals surface area contributed by atoms with Crippen molar-refractivity contribution in [2.75, 3.05) is 25.0 Å². The Hall–Kier alpha value is -3.34. The fourth-order valence-electron chi connectivity index (χ4n) is 4.89. The van der Waals surface area contributed by atoms with Gasteiger partial charge in [-0.3, -0.25) is 9.59 Å². The molecule has 0 bridgehead atoms. The summed E-state index contributed by atoms with van der Waals surface area (Å²) in [5.74, 6) is 1.70. The molecule has 3 heterocycles. The third-order valence-corrected chi connectivity index (χ3v) is 6.43. The molecule has 152 valence electrons. The van der Waals surface area contributed by atoms with Gasteiger partial charge in [0.05, 0.1) is 5.41 Å². The van der Waals surface area contributed by atoms with Crippen molar-refractivity contribution in [3.8, 4) is 11.3 Å². The summed E-state index contributed by atoms with van der Waals surface area (Å²) < 4.78 is 5.67. The monoisotopic (exact) mass is 400 g/mol. The molecule has 0 N–H and O–H groups in total. The second-order valence-corrected chi connectivity index (χ2v) is 8.28. The first-order chi connectivity index (χ1) is 14.5. The topological polar surface area (TPSA) is 53.8 Å². The number of rotatable bonds is 2. The summed E-state index contributed by atoms with van der Waals surface area (Å²) in [6.45, 7) is 3.00. The van der Waals surface area contributed by atoms with Crippen LogP contribution in [-0.4, -0.2) is 36.9 Å². The molecule has 1 spiro atoms. The number of piperidine rings is 1. The molecular formula is C25H24N2O3. The van der Waals surface area contributed by atoms with Crippen LogP contribution < -0.4 is 4.90 Å². The maximum Gasteiger partial charge on any atom is 0.253 e. The predicted molar refractivity (Wildman–Crippen MR) is 116 cm³/mol. The second kappa shape index (κ2) is 6.87. The number of nitrogens with zero attached hydrogens (tertiary/aromatic N) is 2. The largest absolute Gasteiger partial charge is 0.461 e. The smallest absolute Gasteiger partial charge is 0.253 e. The lowest BCUT2D eigenvalue weighted by Gasteiger charge is -2.39. The average molecular weight is 400 g/mol. The summed E-state index contributed by atoms with van der Waals surface area (Å²) in [6, 6.07) is 19.3. The van der Waals surface area contributed by atoms with E-state index in [1.807, 2.05) is 79.5 Å². The van der Waals surface area contributed by atoms with Crippen molar-refractivity contribution < 1.29 is 14.0 Å². The number of likely N-dealkylation sites (tertiary alicyclic amines) is 1. The van der Waals surface area contributed by atoms with Gasteiger partial charge in [0.25, 0.3) is 5.91 Å². The van der Waals surface area contributed by atoms with Crippen LogP contribution in [0.2, 0.25) is 0 Å². The van der Waals surface area contributed by atoms with E-state index in [2.05, 4.69) is 0 Å². The van der Waals surface area contributed by atoms with E-state index >= 15 is 0 Å². The molecule has 3 aromatic rings. The molecule has 30 heavy (non-hydrogen) atoms. The molecule has 2 aliphatic heterocycles. The molecule has 5 heteroatoms. The maximum atomic E-state index is 13.3. The van der Waals surface area contributed by atoms with Gasteiger partial charge in [0, 0.05) is 37.0 Å². The molecule has 1 fully saturated rings. The van der Waals surface area contributed by atoms with Crippen molar-refractivity contribution in [1.82, 2.24) is 4.90 Å². The number of carbonyl (C=O) groups is 2. The molecule has 1 unspecified atom stereocenters. The van der Waals surface area contributed by atoms with Crippen LogP contribution in [0.15, 0.2) is 65.1 Å². The van der Waals surface area contributed by atoms with Gasteiger partial charge in [-0.25, -0.2) is 0 Å². The number of likely N-dealkylation sites (N-methyl/N-ethyl adjacent to an activating group) is 1. The lowest BCUT2D eigenvalue weighted by Crippen LogP contribution is -2.53. The van der Waals surface area contributed by atoms with Crippen LogP contribution in [0.25, 0.3) is 11.3 Å². The van der Waals surface area contributed by atoms with Crippen LogP contribution in [-0.2, 0) is 10.2 Å². The molecule has 0 aliphatic carbocycles. The summed E-state index contributed by atoms with van der Waals surface area (Å²) in [7, 11) is 1.83. The fourth-order valence-corrected chi connectivity index (χ4v) is 4.89. The van der Waals surface area contributed by atoms with Crippen molar-refractivity contribution in [3.63, 3.8) is 0 Å². The third-order valence-electron chi connectivity index (χ3n) is 6.43. The minimum absolute atomic E-state index is 0.0314. The van der Waals surface area contributed by atoms with E-state index in [1.54, 1.807) is 4.90 Å². The highest BCUT2D eigenvalue weighted by Gasteiger charge is 2.52. The Morgan fingerprint density at radius 1 is 1.03 bits per heavy atom. The van der Waals surface area contributed by atoms with Crippen molar-refractivity contribution >= 4 is 17.5 Å². The number of anilines is 1. The Morgan fingerprint density at radius 2 is 1.80 bits per heavy atom. The number of para-hydroxylation sites is 1. The predicted octanol–water partition coefficient (Wildman–Crippen LogP) is 4.41. The zero-order valence-electron chi connectivity index (χ0n) is 17.2. The fraction of sp³-hybridized carbons (Fsp3) is 0.280. The standard InChI is InChI=1S/C25H24N2O3/c1-17-8-13-22(30-17)18-9-11-19(12-10-18)23(28)27-15-5-14-25(16-27)20-6-3-4-7-21(20)26(2)24(25)29/h3-4,6-13H,5,14-16H2,1-2H3. The van der Waals surface area contributed by atoms with Crippen LogP contribution in [0.5, 0.6) is 0 Å². The Balaban J connectivity index is 1.41. The first kappa shape index (κ1) is 18.7. The SMILES string of the molecule is Cc1ccc(-c2ccc(C(=O)N3CCCC4(C3)C(=O)N(C)c3ccccc34)cc2)o1. The van der Waals surface area contributed by atoms with E-state index in [4.69, 9.17) is 4.42 Å². The maximum absolute atomic E-state index is 13.3. The summed E-state index contributed by atoms with van der Waals surface area (Å²) in [5, 5.41) is 0. The number of carbonyl (C=O) groups excluding carboxylic acids is 2. The summed E-state index contributed by atoms with van der Waals surface area (Å²) in [6.07, 6.45) is 1.58. The van der Waals surface area contributed by atoms with E-state index in [0.29, 0.717) is 18.7 Å². The summed E-state index contributed by atoms with van der Waals surface area (Å²) in [5.41, 5.74) is 2.93. The minimum atomic E-state index is -0.634. The molecule has 0 saturated carbocycles. The van der Waals surface area contributed by atoms with E-state index in [0.717, 1.165) is 41.2 Å². The highest BCUT2D eigenvalue weighted by Crippen LogP contribution is 2.46. The number of amides is 2. The molecular weight excluding hydrogens is 376 g/mol. The molecule has 0 radical (unpaired) electrons. The Morgan fingerprint density at radius 3 is 2.53 bits per heavy atom. The summed E-state index contributed by atoms with van der Waals surface area (Å²) >= 11 is 0. The van der Waals surface area contributed by atoms with E-state index in [1.165, 1.54) is 0 Å². The number of fused-ring (bicyclic) bond motifs is 2. The van der Waals surface area contributed by atoms with Crippen LogP contribution in [0.1, 0.15) is 34.5 Å². The number of benzene rings is 2. The number of furan rings is 1. The van der Waals surface area contributed by atoms with Crippen molar-refractivity contribution in [1.29, 1.82) is 0 Å². The molecule has 2 aliphatic rings. The van der Waals surface area contributed by atoms with E-state index < -0.39 is 5.41 Å². The van der Waals surface area contributed by atoms with Gasteiger partial charge in [-0.15, -0.1) is 0 Å². The highest BCUT2D eigenvalue weighted by molar-refractivity contribution is 6.08. The molecule has 2 aromatic carbocycles. The van der Waals surface area contributed by atoms with Crippen LogP contribution >= 0.6 is 0 Å². The van der Waals surface area contributed by atoms with Crippen molar-refractivity contribution in [2.24, 2.45) is 0 Å². The number of hydrogen-bond donors (Lipinski definition) is 0. The van der Waals surface area contributed by atoms with Gasteiger partial charge in [0.1, 0.15) is 11.5 Å². The molecule has 5 nitrogen and oxygen atoms in total. The summed E-state index contributed by atoms with van der Waals surface area (Å²) in [4.78, 5) is 30.1. The number of hydrogen-bond acceptors (Lipinski definition) is 3. The first-order valence-electron chi connectivity index (χ1n) is 10.3. The first-order valence-corrected chi connectivity index (χ1v) is 10.3. The van der Waals surface area contributed by atoms with Crippen molar-refractivity contribution in [3.05, 3.63) is 77.6 Å². The third kappa shape index (κ3) is 2.76. The average Bonchev–Trinajstić information content (AvgIpc) is 3.30. The zero-order chi connectivity index (χ0) is 20.9. The molecule has 1 atom stereocenters. The van der Waals surface area contributed by atoms with Gasteiger partial charge in [0.15, 0.2) is 0 Å². The van der Waals surface area contributed by atoms with E-state index in [9.17, 15) is 9.59 Å². The molecule has 5 rings (SSSR count). The minimum Gasteiger partial charge on any atom is -0.461 e. The molecule has 1 saturated heterocycles. The van der Waals surface area contributed by atoms with Gasteiger partial charge >= 0.3 is 0 Å². The van der Waals surface area contributed by atoms with Gasteiger partial charge in [-0.05, 0) is 55.7 Å². The lowest BCUT2D eigenvalue weighted by atomic mass is 9.75. The van der Waals surface area contributed by atoms with Gasteiger partial charge in [-0.2, -0.15) is 0 Å². The zero-order valence-corrected chi connectivity index (χ0v) is 17.2. The highest BCUT2D eigenvalue weighted by atomic mass is 16.3.